The van der Waals surface area contributed by atoms with Crippen LogP contribution in [0.5, 0.6) is 0 Å². The molecule has 0 aliphatic carbocycles. The highest BCUT2D eigenvalue weighted by molar-refractivity contribution is 4.94. The van der Waals surface area contributed by atoms with Gasteiger partial charge in [-0.15, -0.1) is 5.10 Å². The van der Waals surface area contributed by atoms with E-state index in [-0.39, 0.29) is 4.70 Å². The number of hydrogen-bond acceptors (Lipinski definition) is 4. The summed E-state index contributed by atoms with van der Waals surface area (Å²) >= 11 is 0. The number of rotatable bonds is 0. The van der Waals surface area contributed by atoms with Crippen molar-refractivity contribution in [1.82, 2.24) is 20.4 Å². The second-order valence-electron chi connectivity index (χ2n) is 5.88. The molecule has 0 N–H and O–H groups in total. The summed E-state index contributed by atoms with van der Waals surface area (Å²) in [5, 5.41) is 13.7. The molecule has 0 unspecified atom stereocenters. The number of halogens is 2. The molecule has 4 nitrogen and oxygen atoms in total. The average molecular weight is 326 g/mol. The smallest absolute Gasteiger partial charge is 0.233 e. The van der Waals surface area contributed by atoms with E-state index in [2.05, 4.69) is 61.9 Å². The molecule has 2 aromatic heterocycles. The van der Waals surface area contributed by atoms with Crippen molar-refractivity contribution in [3.63, 3.8) is 0 Å². The van der Waals surface area contributed by atoms with Crippen molar-refractivity contribution in [3.8, 4) is 0 Å². The summed E-state index contributed by atoms with van der Waals surface area (Å²) in [6.07, 6.45) is 3.08. The first kappa shape index (κ1) is 25.9. The van der Waals surface area contributed by atoms with Crippen molar-refractivity contribution in [2.75, 3.05) is 0 Å². The molecular weight excluding hydrogens is 296 g/mol. The molecule has 0 aromatic carbocycles. The van der Waals surface area contributed by atoms with Crippen molar-refractivity contribution >= 4 is 0 Å². The Morgan fingerprint density at radius 2 is 1.17 bits per heavy atom. The van der Waals surface area contributed by atoms with Gasteiger partial charge in [-0.25, -0.2) is 0 Å². The van der Waals surface area contributed by atoms with Gasteiger partial charge >= 0.3 is 0 Å². The van der Waals surface area contributed by atoms with Gasteiger partial charge in [0.2, 0.25) is 5.95 Å². The Labute approximate surface area is 139 Å². The minimum Gasteiger partial charge on any atom is -0.269 e. The second kappa shape index (κ2) is 18.1. The first-order chi connectivity index (χ1) is 10.3. The Balaban J connectivity index is -0.000000238. The zero-order valence-electron chi connectivity index (χ0n) is 15.2. The maximum Gasteiger partial charge on any atom is 0.233 e. The highest BCUT2D eigenvalue weighted by Crippen LogP contribution is 1.83. The molecule has 0 spiro atoms. The van der Waals surface area contributed by atoms with Crippen LogP contribution < -0.4 is 0 Å². The van der Waals surface area contributed by atoms with Gasteiger partial charge in [0.05, 0.1) is 5.69 Å². The van der Waals surface area contributed by atoms with Gasteiger partial charge in [-0.2, -0.15) is 19.7 Å². The Morgan fingerprint density at radius 1 is 0.783 bits per heavy atom. The highest BCUT2D eigenvalue weighted by Gasteiger charge is 1.80. The van der Waals surface area contributed by atoms with E-state index in [1.165, 1.54) is 18.3 Å². The van der Waals surface area contributed by atoms with Crippen LogP contribution in [0.2, 0.25) is 0 Å². The lowest BCUT2D eigenvalue weighted by atomic mass is 10.3. The van der Waals surface area contributed by atoms with Gasteiger partial charge in [0.15, 0.2) is 0 Å². The molecule has 23 heavy (non-hydrogen) atoms. The summed E-state index contributed by atoms with van der Waals surface area (Å²) < 4.78 is 11.7. The van der Waals surface area contributed by atoms with Gasteiger partial charge < -0.3 is 0 Å². The molecule has 0 atom stereocenters. The van der Waals surface area contributed by atoms with E-state index in [9.17, 15) is 4.39 Å². The Kier molecular flexibility index (Phi) is 20.4. The van der Waals surface area contributed by atoms with Crippen LogP contribution in [0.15, 0.2) is 36.7 Å². The number of nitrogens with zero attached hydrogens (tertiary/aromatic N) is 4. The van der Waals surface area contributed by atoms with E-state index in [1.807, 2.05) is 19.1 Å². The Morgan fingerprint density at radius 3 is 1.30 bits per heavy atom. The predicted molar refractivity (Wildman–Crippen MR) is 92.3 cm³/mol. The van der Waals surface area contributed by atoms with E-state index < -0.39 is 5.95 Å². The maximum atomic E-state index is 11.7. The lowest BCUT2D eigenvalue weighted by Crippen LogP contribution is -1.81. The Hall–Kier alpha value is -1.98. The van der Waals surface area contributed by atoms with E-state index in [0.29, 0.717) is 0 Å². The zero-order chi connectivity index (χ0) is 17.4. The van der Waals surface area contributed by atoms with Gasteiger partial charge in [-0.1, -0.05) is 41.5 Å². The van der Waals surface area contributed by atoms with Crippen LogP contribution >= 0.6 is 0 Å². The largest absolute Gasteiger partial charge is 0.269 e. The van der Waals surface area contributed by atoms with Crippen LogP contribution in [-0.2, 0) is 0 Å². The molecule has 132 valence electrons. The topological polar surface area (TPSA) is 51.6 Å². The summed E-state index contributed by atoms with van der Waals surface area (Å²) in [4.78, 5) is 0. The Bertz CT molecular complexity index is 388. The van der Waals surface area contributed by atoms with Crippen LogP contribution in [0.3, 0.4) is 0 Å². The molecule has 2 heterocycles. The molecule has 0 fully saturated rings. The predicted octanol–water partition coefficient (Wildman–Crippen LogP) is 4.88. The van der Waals surface area contributed by atoms with E-state index in [4.69, 9.17) is 0 Å². The summed E-state index contributed by atoms with van der Waals surface area (Å²) in [6, 6.07) is 6.50. The quantitative estimate of drug-likeness (QED) is 0.692. The van der Waals surface area contributed by atoms with Crippen molar-refractivity contribution in [2.45, 2.75) is 48.5 Å². The molecule has 0 bridgehead atoms. The van der Waals surface area contributed by atoms with Crippen molar-refractivity contribution in [1.29, 1.82) is 0 Å². The molecule has 0 saturated heterocycles. The number of hydrogen-bond donors (Lipinski definition) is 0. The molecule has 0 aliphatic heterocycles. The number of aryl methyl sites for hydroxylation is 1. The van der Waals surface area contributed by atoms with Crippen molar-refractivity contribution in [3.05, 3.63) is 48.3 Å². The van der Waals surface area contributed by atoms with Gasteiger partial charge in [0, 0.05) is 12.4 Å². The minimum absolute atomic E-state index is 0. The molecule has 0 aliphatic rings. The third-order valence-electron chi connectivity index (χ3n) is 1.25. The van der Waals surface area contributed by atoms with Crippen LogP contribution in [0.25, 0.3) is 0 Å². The van der Waals surface area contributed by atoms with Crippen LogP contribution in [0.1, 0.15) is 47.2 Å². The fourth-order valence-corrected chi connectivity index (χ4v) is 0.661. The molecule has 2 rings (SSSR count). The average Bonchev–Trinajstić information content (AvgIpc) is 2.40. The number of aromatic nitrogens is 4. The third-order valence-corrected chi connectivity index (χ3v) is 1.25. The molecule has 0 saturated carbocycles. The van der Waals surface area contributed by atoms with Crippen LogP contribution in [0, 0.1) is 24.7 Å². The van der Waals surface area contributed by atoms with E-state index in [0.717, 1.165) is 17.5 Å². The fourth-order valence-electron chi connectivity index (χ4n) is 0.661. The van der Waals surface area contributed by atoms with Gasteiger partial charge in [-0.05, 0) is 43.0 Å². The molecule has 6 heteroatoms. The second-order valence-corrected chi connectivity index (χ2v) is 5.88. The summed E-state index contributed by atoms with van der Waals surface area (Å²) in [5.41, 5.74) is 0.961. The molecule has 2 aromatic rings. The van der Waals surface area contributed by atoms with Crippen molar-refractivity contribution in [2.24, 2.45) is 11.8 Å². The van der Waals surface area contributed by atoms with Crippen LogP contribution in [0.4, 0.5) is 9.09 Å². The highest BCUT2D eigenvalue weighted by atomic mass is 18.2. The summed E-state index contributed by atoms with van der Waals surface area (Å²) in [5.74, 6) is 1.13. The monoisotopic (exact) mass is 326 g/mol. The normalized spacial score (nSPS) is 8.43. The molecule has 0 amide bonds. The van der Waals surface area contributed by atoms with E-state index in [1.54, 1.807) is 6.20 Å². The summed E-state index contributed by atoms with van der Waals surface area (Å²) in [7, 11) is 0. The van der Waals surface area contributed by atoms with Gasteiger partial charge in [0.25, 0.3) is 0 Å². The standard InChI is InChI=1S/C5H6N2.C4H3FN2.2C4H10.FH/c1-5-3-2-4-6-7-5;5-4-2-1-3-6-7-4;2*1-4(2)3;/h2-4H,1H3;1-3H;2*4H,1-3H3;1H/i;5-1;;;1-1. The summed E-state index contributed by atoms with van der Waals surface area (Å²) in [6.45, 7) is 14.9. The maximum absolute atomic E-state index is 11.7. The molecule has 0 radical (unpaired) electrons. The first-order valence-electron chi connectivity index (χ1n) is 7.43. The van der Waals surface area contributed by atoms with Crippen LogP contribution in [-0.4, -0.2) is 20.4 Å². The third kappa shape index (κ3) is 33.1. The molecular formula is C17H30F2N4. The SMILES string of the molecule is CC(C)C.CC(C)C.Cc1cccnn1.[18FH].[18F]c1cccnn1. The zero-order valence-corrected chi connectivity index (χ0v) is 15.2. The van der Waals surface area contributed by atoms with Gasteiger partial charge in [-0.3, -0.25) is 4.70 Å². The van der Waals surface area contributed by atoms with E-state index >= 15 is 0 Å². The first-order valence-corrected chi connectivity index (χ1v) is 7.43. The lowest BCUT2D eigenvalue weighted by Gasteiger charge is -1.80. The fraction of sp³-hybridized carbons (Fsp3) is 0.529. The van der Waals surface area contributed by atoms with Gasteiger partial charge in [0.1, 0.15) is 0 Å². The lowest BCUT2D eigenvalue weighted by molar-refractivity contribution is 0.563. The van der Waals surface area contributed by atoms with Crippen molar-refractivity contribution < 1.29 is 9.09 Å². The minimum atomic E-state index is -0.539.